The Bertz CT molecular complexity index is 1490. The highest BCUT2D eigenvalue weighted by atomic mass is 35.5. The number of benzene rings is 3. The molecular formula is C30H33Cl2N3O3S. The number of amides is 1. The number of hydrogen-bond donors (Lipinski definition) is 1. The molecule has 3 aromatic rings. The van der Waals surface area contributed by atoms with Gasteiger partial charge in [-0.1, -0.05) is 59.6 Å². The number of nitrogens with one attached hydrogen (secondary N) is 1. The molecule has 0 radical (unpaired) electrons. The van der Waals surface area contributed by atoms with Crippen LogP contribution in [-0.2, 0) is 14.6 Å². The zero-order chi connectivity index (χ0) is 27.8. The Morgan fingerprint density at radius 3 is 2.33 bits per heavy atom. The zero-order valence-corrected chi connectivity index (χ0v) is 24.5. The van der Waals surface area contributed by atoms with Gasteiger partial charge in [-0.2, -0.15) is 0 Å². The van der Waals surface area contributed by atoms with Gasteiger partial charge in [0.1, 0.15) is 0 Å². The third-order valence-electron chi connectivity index (χ3n) is 8.15. The highest BCUT2D eigenvalue weighted by Crippen LogP contribution is 2.45. The molecule has 0 spiro atoms. The Morgan fingerprint density at radius 2 is 1.62 bits per heavy atom. The Labute approximate surface area is 240 Å². The van der Waals surface area contributed by atoms with E-state index in [0.29, 0.717) is 49.2 Å². The van der Waals surface area contributed by atoms with Gasteiger partial charge < -0.3 is 15.1 Å². The lowest BCUT2D eigenvalue weighted by atomic mass is 9.77. The van der Waals surface area contributed by atoms with Crippen molar-refractivity contribution in [2.75, 3.05) is 44.2 Å². The second kappa shape index (κ2) is 11.1. The number of carbonyl (C=O) groups is 1. The first-order valence-electron chi connectivity index (χ1n) is 13.2. The summed E-state index contributed by atoms with van der Waals surface area (Å²) in [5.74, 6) is -0.866. The molecule has 2 fully saturated rings. The van der Waals surface area contributed by atoms with Gasteiger partial charge in [-0.25, -0.2) is 8.42 Å². The van der Waals surface area contributed by atoms with Gasteiger partial charge in [0.15, 0.2) is 14.6 Å². The van der Waals surface area contributed by atoms with Crippen molar-refractivity contribution in [3.8, 4) is 0 Å². The lowest BCUT2D eigenvalue weighted by Gasteiger charge is -2.47. The van der Waals surface area contributed by atoms with Crippen molar-refractivity contribution < 1.29 is 13.2 Å². The van der Waals surface area contributed by atoms with Gasteiger partial charge in [-0.3, -0.25) is 4.79 Å². The van der Waals surface area contributed by atoms with Gasteiger partial charge in [0.25, 0.3) is 0 Å². The van der Waals surface area contributed by atoms with E-state index in [0.717, 1.165) is 22.4 Å². The van der Waals surface area contributed by atoms with E-state index in [1.54, 1.807) is 23.1 Å². The summed E-state index contributed by atoms with van der Waals surface area (Å²) in [5, 5.41) is 4.25. The number of nitrogens with zero attached hydrogens (tertiary/aromatic N) is 2. The molecule has 1 N–H and O–H groups in total. The van der Waals surface area contributed by atoms with E-state index in [1.807, 2.05) is 56.3 Å². The van der Waals surface area contributed by atoms with E-state index in [4.69, 9.17) is 23.2 Å². The van der Waals surface area contributed by atoms with Gasteiger partial charge in [0.2, 0.25) is 5.91 Å². The highest BCUT2D eigenvalue weighted by molar-refractivity contribution is 7.93. The zero-order valence-electron chi connectivity index (χ0n) is 22.2. The predicted molar refractivity (Wildman–Crippen MR) is 158 cm³/mol. The number of rotatable bonds is 5. The molecule has 2 heterocycles. The normalized spacial score (nSPS) is 22.1. The Hall–Kier alpha value is -2.58. The van der Waals surface area contributed by atoms with Crippen LogP contribution in [-0.4, -0.2) is 63.2 Å². The van der Waals surface area contributed by atoms with Gasteiger partial charge >= 0.3 is 0 Å². The first kappa shape index (κ1) is 28.0. The van der Waals surface area contributed by atoms with Crippen LogP contribution < -0.4 is 10.2 Å². The van der Waals surface area contributed by atoms with Crippen LogP contribution in [0.15, 0.2) is 71.6 Å². The number of anilines is 1. The summed E-state index contributed by atoms with van der Waals surface area (Å²) in [5.41, 5.74) is 4.01. The fourth-order valence-corrected chi connectivity index (χ4v) is 8.72. The molecule has 2 saturated heterocycles. The summed E-state index contributed by atoms with van der Waals surface area (Å²) in [6.45, 7) is 6.68. The first-order valence-corrected chi connectivity index (χ1v) is 15.5. The van der Waals surface area contributed by atoms with Crippen LogP contribution in [0.5, 0.6) is 0 Å². The third-order valence-corrected chi connectivity index (χ3v) is 11.1. The number of piperidine rings is 1. The van der Waals surface area contributed by atoms with Crippen molar-refractivity contribution in [2.24, 2.45) is 0 Å². The topological polar surface area (TPSA) is 69.7 Å². The highest BCUT2D eigenvalue weighted by Gasteiger charge is 2.59. The van der Waals surface area contributed by atoms with Crippen LogP contribution in [0.4, 0.5) is 5.69 Å². The summed E-state index contributed by atoms with van der Waals surface area (Å²) in [4.78, 5) is 18.7. The molecule has 0 aliphatic carbocycles. The molecule has 2 aliphatic rings. The molecule has 2 atom stereocenters. The quantitative estimate of drug-likeness (QED) is 0.443. The largest absolute Gasteiger partial charge is 0.368 e. The summed E-state index contributed by atoms with van der Waals surface area (Å²) in [7, 11) is -4.16. The van der Waals surface area contributed by atoms with Gasteiger partial charge in [0, 0.05) is 54.4 Å². The average Bonchev–Trinajstić information content (AvgIpc) is 2.94. The lowest BCUT2D eigenvalue weighted by molar-refractivity contribution is -0.135. The second-order valence-corrected chi connectivity index (χ2v) is 13.5. The standard InChI is InChI=1S/C30H33Cl2N3O3S/c1-21-6-3-4-9-26(21)27-12-13-33-20-30(27,39(37,38)25-8-5-7-23(31)18-25)29(36)35-16-14-34(15-17-35)28-19-24(32)11-10-22(28)2/h3-11,18-19,27,33H,12-17,20H2,1-2H3/t27-,30+/m0/s1. The maximum atomic E-state index is 14.7. The second-order valence-electron chi connectivity index (χ2n) is 10.4. The molecule has 2 aliphatic heterocycles. The van der Waals surface area contributed by atoms with Crippen LogP contribution in [0.2, 0.25) is 10.0 Å². The number of hydrogen-bond acceptors (Lipinski definition) is 5. The minimum Gasteiger partial charge on any atom is -0.368 e. The van der Waals surface area contributed by atoms with Crippen molar-refractivity contribution in [3.63, 3.8) is 0 Å². The number of piperazine rings is 1. The molecule has 9 heteroatoms. The molecule has 6 nitrogen and oxygen atoms in total. The van der Waals surface area contributed by atoms with Crippen molar-refractivity contribution in [3.05, 3.63) is 93.5 Å². The molecular weight excluding hydrogens is 553 g/mol. The molecule has 0 aromatic heterocycles. The van der Waals surface area contributed by atoms with E-state index < -0.39 is 20.5 Å². The molecule has 0 saturated carbocycles. The van der Waals surface area contributed by atoms with Crippen molar-refractivity contribution in [1.82, 2.24) is 10.2 Å². The fourth-order valence-electron chi connectivity index (χ4n) is 6.07. The van der Waals surface area contributed by atoms with Crippen LogP contribution >= 0.6 is 23.2 Å². The predicted octanol–water partition coefficient (Wildman–Crippen LogP) is 5.25. The Morgan fingerprint density at radius 1 is 0.897 bits per heavy atom. The molecule has 206 valence electrons. The molecule has 0 unspecified atom stereocenters. The van der Waals surface area contributed by atoms with Gasteiger partial charge in [0.05, 0.1) is 4.90 Å². The van der Waals surface area contributed by atoms with Crippen LogP contribution in [0.1, 0.15) is 29.0 Å². The maximum absolute atomic E-state index is 14.7. The van der Waals surface area contributed by atoms with E-state index >= 15 is 0 Å². The van der Waals surface area contributed by atoms with E-state index in [9.17, 15) is 13.2 Å². The smallest absolute Gasteiger partial charge is 0.246 e. The SMILES string of the molecule is Cc1ccccc1[C@@H]1CCNC[C@@]1(C(=O)N1CCN(c2cc(Cl)ccc2C)CC1)S(=O)(=O)c1cccc(Cl)c1. The average molecular weight is 587 g/mol. The van der Waals surface area contributed by atoms with E-state index in [1.165, 1.54) is 6.07 Å². The number of carbonyl (C=O) groups excluding carboxylic acids is 1. The van der Waals surface area contributed by atoms with Crippen molar-refractivity contribution in [2.45, 2.75) is 35.8 Å². The summed E-state index contributed by atoms with van der Waals surface area (Å²) in [6, 6.07) is 19.8. The fraction of sp³-hybridized carbons (Fsp3) is 0.367. The van der Waals surface area contributed by atoms with E-state index in [2.05, 4.69) is 10.2 Å². The number of aryl methyl sites for hydroxylation is 2. The van der Waals surface area contributed by atoms with Gasteiger partial charge in [-0.15, -0.1) is 0 Å². The van der Waals surface area contributed by atoms with Crippen molar-refractivity contribution in [1.29, 1.82) is 0 Å². The number of halogens is 2. The van der Waals surface area contributed by atoms with Crippen molar-refractivity contribution >= 4 is 44.6 Å². The molecule has 3 aromatic carbocycles. The van der Waals surface area contributed by atoms with Gasteiger partial charge in [-0.05, 0) is 73.8 Å². The summed E-state index contributed by atoms with van der Waals surface area (Å²) in [6.07, 6.45) is 0.526. The summed E-state index contributed by atoms with van der Waals surface area (Å²) < 4.78 is 27.6. The lowest BCUT2D eigenvalue weighted by Crippen LogP contribution is -2.66. The molecule has 5 rings (SSSR count). The monoisotopic (exact) mass is 585 g/mol. The molecule has 0 bridgehead atoms. The summed E-state index contributed by atoms with van der Waals surface area (Å²) >= 11 is 12.5. The minimum atomic E-state index is -4.16. The number of sulfone groups is 1. The third kappa shape index (κ3) is 5.06. The maximum Gasteiger partial charge on any atom is 0.246 e. The van der Waals surface area contributed by atoms with E-state index in [-0.39, 0.29) is 17.3 Å². The van der Waals surface area contributed by atoms with Crippen LogP contribution in [0.25, 0.3) is 0 Å². The molecule has 1 amide bonds. The molecule has 39 heavy (non-hydrogen) atoms. The van der Waals surface area contributed by atoms with Crippen LogP contribution in [0.3, 0.4) is 0 Å². The van der Waals surface area contributed by atoms with Crippen LogP contribution in [0, 0.1) is 13.8 Å². The Kier molecular flexibility index (Phi) is 7.98. The Balaban J connectivity index is 1.56. The minimum absolute atomic E-state index is 0.0350. The first-order chi connectivity index (χ1) is 18.6.